The van der Waals surface area contributed by atoms with Crippen molar-refractivity contribution in [3.63, 3.8) is 0 Å². The molecule has 0 aliphatic carbocycles. The predicted octanol–water partition coefficient (Wildman–Crippen LogP) is 3.38. The fraction of sp³-hybridized carbons (Fsp3) is 0.188. The van der Waals surface area contributed by atoms with Gasteiger partial charge in [0.25, 0.3) is 0 Å². The molecule has 0 heterocycles. The summed E-state index contributed by atoms with van der Waals surface area (Å²) in [6.07, 6.45) is -0.467. The molecule has 1 atom stereocenters. The molecule has 1 N–H and O–H groups in total. The van der Waals surface area contributed by atoms with E-state index in [0.717, 1.165) is 16.9 Å². The lowest BCUT2D eigenvalue weighted by atomic mass is 10.1. The van der Waals surface area contributed by atoms with Crippen LogP contribution in [0.25, 0.3) is 0 Å². The highest BCUT2D eigenvalue weighted by molar-refractivity contribution is 5.68. The second-order valence-corrected chi connectivity index (χ2v) is 4.46. The van der Waals surface area contributed by atoms with E-state index in [1.54, 1.807) is 13.0 Å². The molecule has 0 aromatic heterocycles. The van der Waals surface area contributed by atoms with Gasteiger partial charge in [0, 0.05) is 12.7 Å². The van der Waals surface area contributed by atoms with Gasteiger partial charge in [-0.15, -0.1) is 0 Å². The molecule has 96 valence electrons. The Labute approximate surface area is 113 Å². The molecule has 0 aliphatic heterocycles. The van der Waals surface area contributed by atoms with E-state index in [9.17, 15) is 5.11 Å². The summed E-state index contributed by atoms with van der Waals surface area (Å²) in [5, 5.41) is 18.6. The van der Waals surface area contributed by atoms with Crippen LogP contribution >= 0.6 is 0 Å². The van der Waals surface area contributed by atoms with Gasteiger partial charge in [-0.2, -0.15) is 5.26 Å². The minimum atomic E-state index is -0.467. The predicted molar refractivity (Wildman–Crippen MR) is 76.3 cm³/mol. The fourth-order valence-corrected chi connectivity index (χ4v) is 1.98. The van der Waals surface area contributed by atoms with Crippen LogP contribution in [0.2, 0.25) is 0 Å². The quantitative estimate of drug-likeness (QED) is 0.911. The Kier molecular flexibility index (Phi) is 3.84. The molecule has 0 saturated carbocycles. The first kappa shape index (κ1) is 13.1. The minimum absolute atomic E-state index is 0.467. The lowest BCUT2D eigenvalue weighted by Crippen LogP contribution is -2.11. The topological polar surface area (TPSA) is 47.3 Å². The van der Waals surface area contributed by atoms with Gasteiger partial charge in [-0.1, -0.05) is 24.3 Å². The molecule has 2 rings (SSSR count). The monoisotopic (exact) mass is 252 g/mol. The van der Waals surface area contributed by atoms with Gasteiger partial charge in [0.2, 0.25) is 0 Å². The zero-order valence-electron chi connectivity index (χ0n) is 11.0. The van der Waals surface area contributed by atoms with Crippen molar-refractivity contribution in [1.29, 1.82) is 5.26 Å². The first-order valence-electron chi connectivity index (χ1n) is 6.14. The summed E-state index contributed by atoms with van der Waals surface area (Å²) in [5.41, 5.74) is 3.37. The van der Waals surface area contributed by atoms with Crippen molar-refractivity contribution >= 4 is 11.4 Å². The van der Waals surface area contributed by atoms with Crippen LogP contribution in [-0.4, -0.2) is 12.2 Å². The number of aliphatic hydroxyl groups is 1. The number of rotatable bonds is 3. The molecule has 0 spiro atoms. The molecule has 0 saturated heterocycles. The lowest BCUT2D eigenvalue weighted by molar-refractivity contribution is 0.199. The van der Waals surface area contributed by atoms with Crippen molar-refractivity contribution in [2.24, 2.45) is 0 Å². The number of hydrogen-bond donors (Lipinski definition) is 1. The summed E-state index contributed by atoms with van der Waals surface area (Å²) in [6.45, 7) is 1.74. The normalized spacial score (nSPS) is 11.7. The van der Waals surface area contributed by atoms with Crippen LogP contribution in [0.3, 0.4) is 0 Å². The van der Waals surface area contributed by atoms with E-state index in [1.165, 1.54) is 0 Å². The van der Waals surface area contributed by atoms with Crippen LogP contribution in [0.4, 0.5) is 11.4 Å². The van der Waals surface area contributed by atoms with Gasteiger partial charge >= 0.3 is 0 Å². The molecule has 0 radical (unpaired) electrons. The second-order valence-electron chi connectivity index (χ2n) is 4.46. The molecule has 3 heteroatoms. The Bertz CT molecular complexity index is 597. The molecule has 3 nitrogen and oxygen atoms in total. The summed E-state index contributed by atoms with van der Waals surface area (Å²) in [4.78, 5) is 1.96. The minimum Gasteiger partial charge on any atom is -0.389 e. The van der Waals surface area contributed by atoms with E-state index in [4.69, 9.17) is 5.26 Å². The summed E-state index contributed by atoms with van der Waals surface area (Å²) < 4.78 is 0. The Morgan fingerprint density at radius 3 is 2.32 bits per heavy atom. The molecule has 0 amide bonds. The number of aliphatic hydroxyl groups excluding tert-OH is 1. The molecule has 0 bridgehead atoms. The van der Waals surface area contributed by atoms with E-state index >= 15 is 0 Å². The first-order valence-corrected chi connectivity index (χ1v) is 6.14. The van der Waals surface area contributed by atoms with Crippen molar-refractivity contribution in [3.8, 4) is 6.07 Å². The van der Waals surface area contributed by atoms with Crippen molar-refractivity contribution in [2.75, 3.05) is 11.9 Å². The van der Waals surface area contributed by atoms with Crippen LogP contribution in [0, 0.1) is 11.3 Å². The fourth-order valence-electron chi connectivity index (χ4n) is 1.98. The lowest BCUT2D eigenvalue weighted by Gasteiger charge is -2.21. The number of nitrogens with zero attached hydrogens (tertiary/aromatic N) is 2. The zero-order valence-corrected chi connectivity index (χ0v) is 11.0. The molecule has 2 aromatic carbocycles. The van der Waals surface area contributed by atoms with E-state index in [2.05, 4.69) is 6.07 Å². The van der Waals surface area contributed by atoms with Crippen LogP contribution in [0.15, 0.2) is 48.5 Å². The van der Waals surface area contributed by atoms with E-state index in [1.807, 2.05) is 54.4 Å². The standard InChI is InChI=1S/C16H16N2O/c1-12(19)13-7-9-15(10-8-13)18(2)16-6-4-3-5-14(16)11-17/h3-10,12,19H,1-2H3. The summed E-state index contributed by atoms with van der Waals surface area (Å²) in [5.74, 6) is 0. The third-order valence-electron chi connectivity index (χ3n) is 3.15. The van der Waals surface area contributed by atoms with Crippen LogP contribution in [0.1, 0.15) is 24.2 Å². The average molecular weight is 252 g/mol. The maximum Gasteiger partial charge on any atom is 0.101 e. The van der Waals surface area contributed by atoms with Gasteiger partial charge in [-0.25, -0.2) is 0 Å². The Hall–Kier alpha value is -2.31. The highest BCUT2D eigenvalue weighted by Crippen LogP contribution is 2.27. The molecular formula is C16H16N2O. The van der Waals surface area contributed by atoms with Gasteiger partial charge < -0.3 is 10.0 Å². The van der Waals surface area contributed by atoms with Crippen LogP contribution in [-0.2, 0) is 0 Å². The second kappa shape index (κ2) is 5.55. The maximum absolute atomic E-state index is 9.50. The van der Waals surface area contributed by atoms with Crippen molar-refractivity contribution in [2.45, 2.75) is 13.0 Å². The molecule has 19 heavy (non-hydrogen) atoms. The Morgan fingerprint density at radius 1 is 1.11 bits per heavy atom. The SMILES string of the molecule is CC(O)c1ccc(N(C)c2ccccc2C#N)cc1. The zero-order chi connectivity index (χ0) is 13.8. The third-order valence-corrected chi connectivity index (χ3v) is 3.15. The maximum atomic E-state index is 9.50. The van der Waals surface area contributed by atoms with Gasteiger partial charge in [0.15, 0.2) is 0 Å². The summed E-state index contributed by atoms with van der Waals surface area (Å²) >= 11 is 0. The van der Waals surface area contributed by atoms with Gasteiger partial charge in [-0.05, 0) is 36.8 Å². The number of nitriles is 1. The van der Waals surface area contributed by atoms with Crippen LogP contribution in [0.5, 0.6) is 0 Å². The number of benzene rings is 2. The number of anilines is 2. The smallest absolute Gasteiger partial charge is 0.101 e. The van der Waals surface area contributed by atoms with E-state index in [0.29, 0.717) is 5.56 Å². The molecular weight excluding hydrogens is 236 g/mol. The Balaban J connectivity index is 2.34. The van der Waals surface area contributed by atoms with Crippen LogP contribution < -0.4 is 4.90 Å². The summed E-state index contributed by atoms with van der Waals surface area (Å²) in [6, 6.07) is 17.4. The molecule has 2 aromatic rings. The Morgan fingerprint density at radius 2 is 1.74 bits per heavy atom. The largest absolute Gasteiger partial charge is 0.389 e. The third kappa shape index (κ3) is 2.75. The molecule has 0 aliphatic rings. The van der Waals surface area contributed by atoms with Crippen molar-refractivity contribution in [3.05, 3.63) is 59.7 Å². The first-order chi connectivity index (χ1) is 9.13. The summed E-state index contributed by atoms with van der Waals surface area (Å²) in [7, 11) is 1.92. The van der Waals surface area contributed by atoms with Crippen molar-refractivity contribution < 1.29 is 5.11 Å². The van der Waals surface area contributed by atoms with E-state index in [-0.39, 0.29) is 0 Å². The van der Waals surface area contributed by atoms with Gasteiger partial charge in [0.05, 0.1) is 17.4 Å². The van der Waals surface area contributed by atoms with Gasteiger partial charge in [-0.3, -0.25) is 0 Å². The van der Waals surface area contributed by atoms with Crippen molar-refractivity contribution in [1.82, 2.24) is 0 Å². The van der Waals surface area contributed by atoms with Gasteiger partial charge in [0.1, 0.15) is 6.07 Å². The highest BCUT2D eigenvalue weighted by Gasteiger charge is 2.09. The highest BCUT2D eigenvalue weighted by atomic mass is 16.3. The average Bonchev–Trinajstić information content (AvgIpc) is 2.46. The number of para-hydroxylation sites is 1. The van der Waals surface area contributed by atoms with E-state index < -0.39 is 6.10 Å². The molecule has 0 fully saturated rings. The number of hydrogen-bond acceptors (Lipinski definition) is 3. The molecule has 1 unspecified atom stereocenters.